The first-order chi connectivity index (χ1) is 9.38. The molecule has 20 heavy (non-hydrogen) atoms. The summed E-state index contributed by atoms with van der Waals surface area (Å²) >= 11 is 0. The number of nitrogens with zero attached hydrogens (tertiary/aromatic N) is 1. The van der Waals surface area contributed by atoms with Gasteiger partial charge in [-0.1, -0.05) is 33.6 Å². The van der Waals surface area contributed by atoms with Gasteiger partial charge in [-0.2, -0.15) is 0 Å². The molecule has 4 heteroatoms. The third kappa shape index (κ3) is 6.71. The summed E-state index contributed by atoms with van der Waals surface area (Å²) < 4.78 is 0. The van der Waals surface area contributed by atoms with Crippen LogP contribution in [0.2, 0.25) is 0 Å². The molecule has 1 aliphatic heterocycles. The number of carbonyl (C=O) groups is 1. The van der Waals surface area contributed by atoms with E-state index in [9.17, 15) is 4.79 Å². The molecule has 1 heterocycles. The fourth-order valence-electron chi connectivity index (χ4n) is 2.82. The van der Waals surface area contributed by atoms with Crippen molar-refractivity contribution in [2.24, 2.45) is 17.6 Å². The van der Waals surface area contributed by atoms with Gasteiger partial charge >= 0.3 is 0 Å². The van der Waals surface area contributed by atoms with Crippen LogP contribution in [-0.2, 0) is 4.79 Å². The number of rotatable bonds is 7. The van der Waals surface area contributed by atoms with Gasteiger partial charge in [-0.05, 0) is 31.6 Å². The van der Waals surface area contributed by atoms with Crippen LogP contribution in [0.3, 0.4) is 0 Å². The zero-order valence-electron chi connectivity index (χ0n) is 13.7. The number of carbonyl (C=O) groups excluding carboxylic acids is 1. The quantitative estimate of drug-likeness (QED) is 0.751. The second-order valence-corrected chi connectivity index (χ2v) is 6.96. The van der Waals surface area contributed by atoms with E-state index >= 15 is 0 Å². The number of hydrogen-bond donors (Lipinski definition) is 2. The summed E-state index contributed by atoms with van der Waals surface area (Å²) in [7, 11) is 0. The molecule has 0 aromatic rings. The number of nitrogens with one attached hydrogen (secondary N) is 1. The molecule has 0 aliphatic carbocycles. The average molecular weight is 283 g/mol. The summed E-state index contributed by atoms with van der Waals surface area (Å²) in [5.41, 5.74) is 6.00. The third-order valence-corrected chi connectivity index (χ3v) is 4.25. The lowest BCUT2D eigenvalue weighted by atomic mass is 9.95. The van der Waals surface area contributed by atoms with Crippen molar-refractivity contribution >= 4 is 5.91 Å². The van der Waals surface area contributed by atoms with E-state index in [4.69, 9.17) is 5.73 Å². The van der Waals surface area contributed by atoms with Crippen LogP contribution in [0.1, 0.15) is 53.4 Å². The van der Waals surface area contributed by atoms with Gasteiger partial charge in [0.25, 0.3) is 0 Å². The molecule has 1 rings (SSSR count). The Balaban J connectivity index is 2.19. The second-order valence-electron chi connectivity index (χ2n) is 6.96. The van der Waals surface area contributed by atoms with Crippen LogP contribution in [0.15, 0.2) is 0 Å². The van der Waals surface area contributed by atoms with Crippen LogP contribution >= 0.6 is 0 Å². The fraction of sp³-hybridized carbons (Fsp3) is 0.938. The van der Waals surface area contributed by atoms with Crippen molar-refractivity contribution in [3.05, 3.63) is 0 Å². The topological polar surface area (TPSA) is 58.4 Å². The van der Waals surface area contributed by atoms with Crippen molar-refractivity contribution in [3.8, 4) is 0 Å². The van der Waals surface area contributed by atoms with Crippen molar-refractivity contribution in [1.82, 2.24) is 10.2 Å². The van der Waals surface area contributed by atoms with Crippen molar-refractivity contribution in [1.29, 1.82) is 0 Å². The third-order valence-electron chi connectivity index (χ3n) is 4.25. The average Bonchev–Trinajstić information content (AvgIpc) is 2.33. The number of amides is 1. The van der Waals surface area contributed by atoms with E-state index in [0.717, 1.165) is 31.8 Å². The fourth-order valence-corrected chi connectivity index (χ4v) is 2.82. The van der Waals surface area contributed by atoms with Crippen LogP contribution in [0.25, 0.3) is 0 Å². The summed E-state index contributed by atoms with van der Waals surface area (Å²) in [6.07, 6.45) is 4.50. The lowest BCUT2D eigenvalue weighted by Gasteiger charge is -2.34. The van der Waals surface area contributed by atoms with Gasteiger partial charge in [0.15, 0.2) is 0 Å². The van der Waals surface area contributed by atoms with Crippen molar-refractivity contribution in [2.75, 3.05) is 19.6 Å². The molecule has 0 spiro atoms. The predicted octanol–water partition coefficient (Wildman–Crippen LogP) is 1.99. The molecule has 4 nitrogen and oxygen atoms in total. The van der Waals surface area contributed by atoms with E-state index in [-0.39, 0.29) is 11.9 Å². The number of likely N-dealkylation sites (tertiary alicyclic amines) is 1. The molecule has 0 saturated carbocycles. The zero-order chi connectivity index (χ0) is 15.1. The Kier molecular flexibility index (Phi) is 7.52. The van der Waals surface area contributed by atoms with E-state index < -0.39 is 0 Å². The van der Waals surface area contributed by atoms with Crippen molar-refractivity contribution in [3.63, 3.8) is 0 Å². The van der Waals surface area contributed by atoms with E-state index in [1.165, 1.54) is 12.8 Å². The summed E-state index contributed by atoms with van der Waals surface area (Å²) in [5.74, 6) is 1.39. The normalized spacial score (nSPS) is 25.7. The van der Waals surface area contributed by atoms with Gasteiger partial charge in [-0.25, -0.2) is 0 Å². The van der Waals surface area contributed by atoms with Gasteiger partial charge in [-0.15, -0.1) is 0 Å². The smallest absolute Gasteiger partial charge is 0.234 e. The lowest BCUT2D eigenvalue weighted by Crippen LogP contribution is -2.49. The molecule has 3 unspecified atom stereocenters. The van der Waals surface area contributed by atoms with Crippen LogP contribution in [0.4, 0.5) is 0 Å². The highest BCUT2D eigenvalue weighted by atomic mass is 16.2. The van der Waals surface area contributed by atoms with Gasteiger partial charge in [-0.3, -0.25) is 9.69 Å². The summed E-state index contributed by atoms with van der Waals surface area (Å²) in [6.45, 7) is 11.2. The molecular formula is C16H33N3O. The Labute approximate surface area is 124 Å². The highest BCUT2D eigenvalue weighted by Gasteiger charge is 2.24. The molecule has 0 aromatic heterocycles. The Bertz CT molecular complexity index is 293. The highest BCUT2D eigenvalue weighted by molar-refractivity contribution is 5.78. The summed E-state index contributed by atoms with van der Waals surface area (Å²) in [6, 6.07) is 0.579. The minimum absolute atomic E-state index is 0.157. The second kappa shape index (κ2) is 8.63. The van der Waals surface area contributed by atoms with E-state index in [2.05, 4.69) is 37.9 Å². The van der Waals surface area contributed by atoms with E-state index in [1.54, 1.807) is 0 Å². The molecule has 3 N–H and O–H groups in total. The molecule has 0 aromatic carbocycles. The maximum atomic E-state index is 12.0. The van der Waals surface area contributed by atoms with E-state index in [0.29, 0.717) is 18.5 Å². The molecule has 1 amide bonds. The number of hydrogen-bond acceptors (Lipinski definition) is 3. The standard InChI is InChI=1S/C16H33N3O/c1-12(2)6-5-7-14(4)18-16(20)11-19-9-8-15(17)13(3)10-19/h12-15H,5-11,17H2,1-4H3,(H,18,20). The predicted molar refractivity (Wildman–Crippen MR) is 84.5 cm³/mol. The van der Waals surface area contributed by atoms with Gasteiger partial charge in [0, 0.05) is 25.2 Å². The number of nitrogens with two attached hydrogens (primary N) is 1. The van der Waals surface area contributed by atoms with Gasteiger partial charge < -0.3 is 11.1 Å². The summed E-state index contributed by atoms with van der Waals surface area (Å²) in [4.78, 5) is 14.2. The highest BCUT2D eigenvalue weighted by Crippen LogP contribution is 2.14. The molecule has 1 aliphatic rings. The molecular weight excluding hydrogens is 250 g/mol. The van der Waals surface area contributed by atoms with Crippen LogP contribution < -0.4 is 11.1 Å². The van der Waals surface area contributed by atoms with E-state index in [1.807, 2.05) is 0 Å². The Hall–Kier alpha value is -0.610. The molecule has 0 radical (unpaired) electrons. The first kappa shape index (κ1) is 17.4. The molecule has 1 fully saturated rings. The maximum Gasteiger partial charge on any atom is 0.234 e. The van der Waals surface area contributed by atoms with Crippen LogP contribution in [-0.4, -0.2) is 42.5 Å². The molecule has 118 valence electrons. The summed E-state index contributed by atoms with van der Waals surface area (Å²) in [5, 5.41) is 3.12. The van der Waals surface area contributed by atoms with Crippen molar-refractivity contribution < 1.29 is 4.79 Å². The minimum atomic E-state index is 0.157. The van der Waals surface area contributed by atoms with Crippen LogP contribution in [0, 0.1) is 11.8 Å². The molecule has 1 saturated heterocycles. The SMILES string of the molecule is CC(C)CCCC(C)NC(=O)CN1CCC(N)C(C)C1. The minimum Gasteiger partial charge on any atom is -0.353 e. The van der Waals surface area contributed by atoms with Crippen molar-refractivity contribution in [2.45, 2.75) is 65.5 Å². The Morgan fingerprint density at radius 3 is 2.65 bits per heavy atom. The monoisotopic (exact) mass is 283 g/mol. The number of piperidine rings is 1. The Morgan fingerprint density at radius 2 is 2.05 bits per heavy atom. The zero-order valence-corrected chi connectivity index (χ0v) is 13.7. The maximum absolute atomic E-state index is 12.0. The Morgan fingerprint density at radius 1 is 1.35 bits per heavy atom. The molecule has 0 bridgehead atoms. The lowest BCUT2D eigenvalue weighted by molar-refractivity contribution is -0.123. The molecule has 3 atom stereocenters. The first-order valence-corrected chi connectivity index (χ1v) is 8.15. The van der Waals surface area contributed by atoms with Crippen LogP contribution in [0.5, 0.6) is 0 Å². The van der Waals surface area contributed by atoms with Gasteiger partial charge in [0.05, 0.1) is 6.54 Å². The first-order valence-electron chi connectivity index (χ1n) is 8.15. The van der Waals surface area contributed by atoms with Gasteiger partial charge in [0.1, 0.15) is 0 Å². The van der Waals surface area contributed by atoms with Gasteiger partial charge in [0.2, 0.25) is 5.91 Å². The largest absolute Gasteiger partial charge is 0.353 e.